The van der Waals surface area contributed by atoms with Crippen molar-refractivity contribution in [1.29, 1.82) is 0 Å². The average Bonchev–Trinajstić information content (AvgIpc) is 3.20. The van der Waals surface area contributed by atoms with E-state index in [1.54, 1.807) is 0 Å². The maximum absolute atomic E-state index is 9.32. The number of fused-ring (bicyclic) bond motifs is 4. The maximum Gasteiger partial charge on any atom is 0.169 e. The Hall–Kier alpha value is -0.380. The second-order valence-electron chi connectivity index (χ2n) is 12.0. The summed E-state index contributed by atoms with van der Waals surface area (Å²) in [5, 5.41) is 9.32. The summed E-state index contributed by atoms with van der Waals surface area (Å²) in [5.41, 5.74) is 4.72. The second-order valence-corrected chi connectivity index (χ2v) is 12.0. The lowest BCUT2D eigenvalue weighted by Crippen LogP contribution is -2.54. The highest BCUT2D eigenvalue weighted by molar-refractivity contribution is 5.38. The van der Waals surface area contributed by atoms with Gasteiger partial charge in [0.25, 0.3) is 0 Å². The first kappa shape index (κ1) is 21.5. The molecule has 4 aliphatic carbocycles. The van der Waals surface area contributed by atoms with Gasteiger partial charge in [-0.05, 0) is 80.5 Å². The molecule has 5 rings (SSSR count). The van der Waals surface area contributed by atoms with E-state index in [-0.39, 0.29) is 23.5 Å². The molecule has 8 atom stereocenters. The number of hydrogen-bond acceptors (Lipinski definition) is 3. The summed E-state index contributed by atoms with van der Waals surface area (Å²) in [4.78, 5) is 0. The van der Waals surface area contributed by atoms with Crippen molar-refractivity contribution in [2.45, 2.75) is 111 Å². The lowest BCUT2D eigenvalue weighted by atomic mass is 9.44. The molecule has 5 aliphatic rings. The molecule has 3 heteroatoms. The minimum atomic E-state index is -0.447. The van der Waals surface area contributed by atoms with Crippen LogP contribution in [0, 0.1) is 34.0 Å². The van der Waals surface area contributed by atoms with Gasteiger partial charge >= 0.3 is 0 Å². The molecule has 1 heterocycles. The third kappa shape index (κ3) is 2.61. The molecule has 0 amide bonds. The highest BCUT2D eigenvalue weighted by Crippen LogP contribution is 2.73. The van der Waals surface area contributed by atoms with Crippen LogP contribution in [-0.2, 0) is 9.47 Å². The van der Waals surface area contributed by atoms with Gasteiger partial charge in [0, 0.05) is 18.3 Å². The van der Waals surface area contributed by atoms with Crippen molar-refractivity contribution in [3.8, 4) is 0 Å². The zero-order valence-corrected chi connectivity index (χ0v) is 20.1. The molecule has 0 aromatic carbocycles. The highest BCUT2D eigenvalue weighted by atomic mass is 16.7. The molecular formula is C27H44O3. The van der Waals surface area contributed by atoms with Gasteiger partial charge in [-0.3, -0.25) is 0 Å². The first-order valence-electron chi connectivity index (χ1n) is 12.9. The van der Waals surface area contributed by atoms with E-state index in [1.165, 1.54) is 51.4 Å². The number of rotatable bonds is 5. The van der Waals surface area contributed by atoms with Crippen molar-refractivity contribution in [2.24, 2.45) is 34.0 Å². The predicted molar refractivity (Wildman–Crippen MR) is 120 cm³/mol. The molecule has 1 aliphatic heterocycles. The second kappa shape index (κ2) is 7.06. The zero-order valence-electron chi connectivity index (χ0n) is 20.1. The summed E-state index contributed by atoms with van der Waals surface area (Å²) in [6, 6.07) is 0. The molecule has 170 valence electrons. The van der Waals surface area contributed by atoms with E-state index in [9.17, 15) is 5.11 Å². The minimum Gasteiger partial charge on any atom is -0.394 e. The fourth-order valence-corrected chi connectivity index (χ4v) is 9.48. The smallest absolute Gasteiger partial charge is 0.169 e. The van der Waals surface area contributed by atoms with E-state index >= 15 is 0 Å². The van der Waals surface area contributed by atoms with E-state index in [0.717, 1.165) is 30.6 Å². The van der Waals surface area contributed by atoms with E-state index in [2.05, 4.69) is 34.6 Å². The van der Waals surface area contributed by atoms with Crippen molar-refractivity contribution in [1.82, 2.24) is 0 Å². The first-order valence-corrected chi connectivity index (χ1v) is 12.9. The number of aliphatic hydroxyl groups is 1. The van der Waals surface area contributed by atoms with Gasteiger partial charge in [0.2, 0.25) is 0 Å². The molecule has 1 N–H and O–H groups in total. The molecule has 0 aromatic rings. The fourth-order valence-electron chi connectivity index (χ4n) is 9.48. The molecule has 3 fully saturated rings. The van der Waals surface area contributed by atoms with Crippen molar-refractivity contribution < 1.29 is 14.6 Å². The third-order valence-electron chi connectivity index (χ3n) is 11.3. The minimum absolute atomic E-state index is 0.0800. The number of aliphatic hydroxyl groups excluding tert-OH is 1. The van der Waals surface area contributed by atoms with E-state index in [1.807, 2.05) is 11.1 Å². The van der Waals surface area contributed by atoms with Crippen LogP contribution in [0.25, 0.3) is 0 Å². The molecule has 0 radical (unpaired) electrons. The summed E-state index contributed by atoms with van der Waals surface area (Å²) in [7, 11) is 0. The van der Waals surface area contributed by atoms with Crippen LogP contribution in [0.1, 0.15) is 98.8 Å². The van der Waals surface area contributed by atoms with Gasteiger partial charge in [-0.2, -0.15) is 0 Å². The first-order chi connectivity index (χ1) is 14.3. The Labute approximate surface area is 184 Å². The van der Waals surface area contributed by atoms with Crippen LogP contribution in [0.3, 0.4) is 0 Å². The number of ether oxygens (including phenoxy) is 2. The largest absolute Gasteiger partial charge is 0.394 e. The quantitative estimate of drug-likeness (QED) is 0.538. The molecule has 3 nitrogen and oxygen atoms in total. The van der Waals surface area contributed by atoms with Crippen LogP contribution < -0.4 is 0 Å². The van der Waals surface area contributed by atoms with Gasteiger partial charge in [0.05, 0.1) is 19.3 Å². The van der Waals surface area contributed by atoms with Gasteiger partial charge in [0.1, 0.15) is 0 Å². The molecular weight excluding hydrogens is 372 g/mol. The Morgan fingerprint density at radius 1 is 1.13 bits per heavy atom. The standard InChI is InChI=1S/C27H44O3/c1-6-18(2)21-7-8-22-20-9-12-26-17-27(29-16-15-28,30-19(26)3)14-13-25(26,5)23(20)10-11-24(21,22)4/h18-19,21-22,28H,6-17H2,1-5H3/t18-,19+,21?,22?,24-,25-,26-,27+/m1/s1. The SMILES string of the molecule is CC[C@@H](C)C1CCC2C3=C(CC[C@@]21C)[C@@]1(C)CC[C@@]2(OCCO)C[C@]1(CC3)[C@H](C)O2. The fraction of sp³-hybridized carbons (Fsp3) is 0.926. The van der Waals surface area contributed by atoms with Crippen LogP contribution >= 0.6 is 0 Å². The Bertz CT molecular complexity index is 730. The predicted octanol–water partition coefficient (Wildman–Crippen LogP) is 6.25. The zero-order chi connectivity index (χ0) is 21.4. The van der Waals surface area contributed by atoms with E-state index in [0.29, 0.717) is 12.0 Å². The summed E-state index contributed by atoms with van der Waals surface area (Å²) < 4.78 is 12.7. The molecule has 2 unspecified atom stereocenters. The summed E-state index contributed by atoms with van der Waals surface area (Å²) in [6.07, 6.45) is 12.8. The van der Waals surface area contributed by atoms with Crippen LogP contribution in [0.5, 0.6) is 0 Å². The third-order valence-corrected chi connectivity index (χ3v) is 11.3. The Morgan fingerprint density at radius 3 is 2.67 bits per heavy atom. The van der Waals surface area contributed by atoms with Gasteiger partial charge < -0.3 is 14.6 Å². The van der Waals surface area contributed by atoms with Crippen molar-refractivity contribution >= 4 is 0 Å². The topological polar surface area (TPSA) is 38.7 Å². The molecule has 0 aromatic heterocycles. The van der Waals surface area contributed by atoms with Crippen LogP contribution in [0.4, 0.5) is 0 Å². The Morgan fingerprint density at radius 2 is 1.93 bits per heavy atom. The van der Waals surface area contributed by atoms with Gasteiger partial charge in [-0.1, -0.05) is 45.3 Å². The highest BCUT2D eigenvalue weighted by Gasteiger charge is 2.69. The monoisotopic (exact) mass is 416 g/mol. The lowest BCUT2D eigenvalue weighted by Gasteiger charge is -2.60. The molecule has 1 saturated heterocycles. The summed E-state index contributed by atoms with van der Waals surface area (Å²) in [6.45, 7) is 12.9. The van der Waals surface area contributed by atoms with Crippen molar-refractivity contribution in [2.75, 3.05) is 13.2 Å². The maximum atomic E-state index is 9.32. The Kier molecular flexibility index (Phi) is 5.05. The van der Waals surface area contributed by atoms with Crippen molar-refractivity contribution in [3.05, 3.63) is 11.1 Å². The normalized spacial score (nSPS) is 50.8. The molecule has 30 heavy (non-hydrogen) atoms. The Balaban J connectivity index is 1.50. The molecule has 1 spiro atoms. The number of allylic oxidation sites excluding steroid dienone is 2. The average molecular weight is 417 g/mol. The van der Waals surface area contributed by atoms with Gasteiger partial charge in [-0.25, -0.2) is 0 Å². The number of hydrogen-bond donors (Lipinski definition) is 1. The van der Waals surface area contributed by atoms with E-state index in [4.69, 9.17) is 9.47 Å². The van der Waals surface area contributed by atoms with E-state index < -0.39 is 5.79 Å². The van der Waals surface area contributed by atoms with Crippen LogP contribution in [-0.4, -0.2) is 30.2 Å². The summed E-state index contributed by atoms with van der Waals surface area (Å²) in [5.74, 6) is 2.14. The molecule has 2 saturated carbocycles. The van der Waals surface area contributed by atoms with Gasteiger partial charge in [0.15, 0.2) is 5.79 Å². The van der Waals surface area contributed by atoms with Crippen LogP contribution in [0.2, 0.25) is 0 Å². The molecule has 2 bridgehead atoms. The van der Waals surface area contributed by atoms with Crippen molar-refractivity contribution in [3.63, 3.8) is 0 Å². The lowest BCUT2D eigenvalue weighted by molar-refractivity contribution is -0.233. The van der Waals surface area contributed by atoms with Gasteiger partial charge in [-0.15, -0.1) is 0 Å². The summed E-state index contributed by atoms with van der Waals surface area (Å²) >= 11 is 0. The van der Waals surface area contributed by atoms with Crippen LogP contribution in [0.15, 0.2) is 11.1 Å².